The van der Waals surface area contributed by atoms with E-state index in [4.69, 9.17) is 0 Å². The molecule has 0 aliphatic carbocycles. The van der Waals surface area contributed by atoms with Crippen molar-refractivity contribution in [2.24, 2.45) is 0 Å². The van der Waals surface area contributed by atoms with Gasteiger partial charge >= 0.3 is 6.03 Å². The number of urea groups is 1. The summed E-state index contributed by atoms with van der Waals surface area (Å²) in [5.74, 6) is 0.863. The van der Waals surface area contributed by atoms with E-state index in [-0.39, 0.29) is 0 Å². The maximum atomic E-state index is 11.5. The van der Waals surface area contributed by atoms with E-state index in [1.807, 2.05) is 6.07 Å². The second kappa shape index (κ2) is 5.53. The SMILES string of the molecule is O=C(Nc1ccc(I)cn1)Nc1cnccn1. The highest BCUT2D eigenvalue weighted by Crippen LogP contribution is 2.07. The van der Waals surface area contributed by atoms with Crippen LogP contribution in [0.25, 0.3) is 0 Å². The molecular formula is C10H8IN5O. The summed E-state index contributed by atoms with van der Waals surface area (Å²) in [7, 11) is 0. The predicted molar refractivity (Wildman–Crippen MR) is 71.6 cm³/mol. The fraction of sp³-hybridized carbons (Fsp3) is 0. The van der Waals surface area contributed by atoms with Gasteiger partial charge in [0.25, 0.3) is 0 Å². The van der Waals surface area contributed by atoms with Crippen molar-refractivity contribution in [3.63, 3.8) is 0 Å². The van der Waals surface area contributed by atoms with Crippen LogP contribution in [-0.2, 0) is 0 Å². The van der Waals surface area contributed by atoms with E-state index in [0.717, 1.165) is 3.57 Å². The Morgan fingerprint density at radius 3 is 2.53 bits per heavy atom. The number of rotatable bonds is 2. The van der Waals surface area contributed by atoms with Crippen molar-refractivity contribution in [1.29, 1.82) is 0 Å². The quantitative estimate of drug-likeness (QED) is 0.820. The Morgan fingerprint density at radius 1 is 1.06 bits per heavy atom. The van der Waals surface area contributed by atoms with Gasteiger partial charge in [-0.15, -0.1) is 0 Å². The van der Waals surface area contributed by atoms with Gasteiger partial charge in [-0.2, -0.15) is 0 Å². The first-order valence-electron chi connectivity index (χ1n) is 4.69. The van der Waals surface area contributed by atoms with E-state index in [1.165, 1.54) is 18.6 Å². The van der Waals surface area contributed by atoms with Crippen LogP contribution in [0.15, 0.2) is 36.9 Å². The maximum absolute atomic E-state index is 11.5. The molecule has 0 radical (unpaired) electrons. The van der Waals surface area contributed by atoms with E-state index in [2.05, 4.69) is 48.2 Å². The summed E-state index contributed by atoms with van der Waals surface area (Å²) in [6.07, 6.45) is 6.15. The minimum absolute atomic E-state index is 0.385. The number of halogens is 1. The van der Waals surface area contributed by atoms with Gasteiger partial charge in [0, 0.05) is 22.2 Å². The summed E-state index contributed by atoms with van der Waals surface area (Å²) in [6, 6.07) is 3.17. The third-order valence-corrected chi connectivity index (χ3v) is 2.41. The Kier molecular flexibility index (Phi) is 3.81. The first-order chi connectivity index (χ1) is 8.24. The molecule has 2 aromatic heterocycles. The Morgan fingerprint density at radius 2 is 1.88 bits per heavy atom. The molecule has 0 fully saturated rings. The molecule has 2 amide bonds. The molecule has 86 valence electrons. The zero-order chi connectivity index (χ0) is 12.1. The monoisotopic (exact) mass is 341 g/mol. The van der Waals surface area contributed by atoms with Gasteiger partial charge in [-0.3, -0.25) is 15.6 Å². The third kappa shape index (κ3) is 3.63. The number of aromatic nitrogens is 3. The highest BCUT2D eigenvalue weighted by Gasteiger charge is 2.03. The van der Waals surface area contributed by atoms with Gasteiger partial charge in [0.15, 0.2) is 5.82 Å². The normalized spacial score (nSPS) is 9.71. The van der Waals surface area contributed by atoms with Crippen molar-refractivity contribution in [2.75, 3.05) is 10.6 Å². The Hall–Kier alpha value is -1.77. The van der Waals surface area contributed by atoms with Crippen LogP contribution in [0.3, 0.4) is 0 Å². The van der Waals surface area contributed by atoms with Crippen LogP contribution in [0.5, 0.6) is 0 Å². The molecule has 2 rings (SSSR count). The lowest BCUT2D eigenvalue weighted by atomic mass is 10.5. The number of anilines is 2. The summed E-state index contributed by atoms with van der Waals surface area (Å²) in [6.45, 7) is 0. The van der Waals surface area contributed by atoms with Crippen molar-refractivity contribution in [2.45, 2.75) is 0 Å². The van der Waals surface area contributed by atoms with Crippen molar-refractivity contribution < 1.29 is 4.79 Å². The van der Waals surface area contributed by atoms with E-state index < -0.39 is 6.03 Å². The number of nitrogens with zero attached hydrogens (tertiary/aromatic N) is 3. The van der Waals surface area contributed by atoms with E-state index in [1.54, 1.807) is 12.3 Å². The number of nitrogens with one attached hydrogen (secondary N) is 2. The molecule has 17 heavy (non-hydrogen) atoms. The number of amides is 2. The minimum Gasteiger partial charge on any atom is -0.292 e. The Bertz CT molecular complexity index is 502. The van der Waals surface area contributed by atoms with Gasteiger partial charge in [0.1, 0.15) is 5.82 Å². The largest absolute Gasteiger partial charge is 0.326 e. The standard InChI is InChI=1S/C10H8IN5O/c11-7-1-2-8(14-5-7)15-10(17)16-9-6-12-3-4-13-9/h1-6H,(H2,13,14,15,16,17). The average Bonchev–Trinajstić information content (AvgIpc) is 2.33. The highest BCUT2D eigenvalue weighted by atomic mass is 127. The van der Waals surface area contributed by atoms with E-state index in [9.17, 15) is 4.79 Å². The van der Waals surface area contributed by atoms with Crippen molar-refractivity contribution in [3.8, 4) is 0 Å². The summed E-state index contributed by atoms with van der Waals surface area (Å²) >= 11 is 2.14. The van der Waals surface area contributed by atoms with Gasteiger partial charge in [0.2, 0.25) is 0 Å². The molecule has 6 nitrogen and oxygen atoms in total. The summed E-state index contributed by atoms with van der Waals surface area (Å²) < 4.78 is 1.00. The van der Waals surface area contributed by atoms with E-state index in [0.29, 0.717) is 11.6 Å². The number of hydrogen-bond acceptors (Lipinski definition) is 4. The molecule has 0 atom stereocenters. The first kappa shape index (κ1) is 11.7. The fourth-order valence-corrected chi connectivity index (χ4v) is 1.40. The number of carbonyl (C=O) groups excluding carboxylic acids is 1. The second-order valence-electron chi connectivity index (χ2n) is 3.03. The van der Waals surface area contributed by atoms with Crippen molar-refractivity contribution in [3.05, 3.63) is 40.5 Å². The molecule has 0 saturated heterocycles. The molecule has 0 aliphatic heterocycles. The molecular weight excluding hydrogens is 333 g/mol. The first-order valence-corrected chi connectivity index (χ1v) is 5.77. The molecule has 7 heteroatoms. The van der Waals surface area contributed by atoms with Crippen LogP contribution >= 0.6 is 22.6 Å². The Balaban J connectivity index is 1.96. The summed E-state index contributed by atoms with van der Waals surface area (Å²) in [5.41, 5.74) is 0. The topological polar surface area (TPSA) is 79.8 Å². The molecule has 2 heterocycles. The lowest BCUT2D eigenvalue weighted by molar-refractivity contribution is 0.262. The maximum Gasteiger partial charge on any atom is 0.326 e. The van der Waals surface area contributed by atoms with Gasteiger partial charge < -0.3 is 0 Å². The van der Waals surface area contributed by atoms with Crippen LogP contribution in [-0.4, -0.2) is 21.0 Å². The lowest BCUT2D eigenvalue weighted by Gasteiger charge is -2.05. The van der Waals surface area contributed by atoms with Crippen LogP contribution in [0.1, 0.15) is 0 Å². The average molecular weight is 341 g/mol. The van der Waals surface area contributed by atoms with E-state index >= 15 is 0 Å². The fourth-order valence-electron chi connectivity index (χ4n) is 1.08. The molecule has 0 saturated carbocycles. The van der Waals surface area contributed by atoms with Crippen molar-refractivity contribution in [1.82, 2.24) is 15.0 Å². The van der Waals surface area contributed by atoms with Gasteiger partial charge in [-0.05, 0) is 34.7 Å². The van der Waals surface area contributed by atoms with Crippen LogP contribution < -0.4 is 10.6 Å². The Labute approximate surface area is 111 Å². The third-order valence-electron chi connectivity index (χ3n) is 1.77. The van der Waals surface area contributed by atoms with Crippen LogP contribution in [0, 0.1) is 3.57 Å². The highest BCUT2D eigenvalue weighted by molar-refractivity contribution is 14.1. The molecule has 2 aromatic rings. The van der Waals surface area contributed by atoms with Crippen LogP contribution in [0.4, 0.5) is 16.4 Å². The zero-order valence-corrected chi connectivity index (χ0v) is 10.7. The van der Waals surface area contributed by atoms with Gasteiger partial charge in [-0.25, -0.2) is 14.8 Å². The summed E-state index contributed by atoms with van der Waals surface area (Å²) in [4.78, 5) is 23.3. The molecule has 0 spiro atoms. The predicted octanol–water partition coefficient (Wildman–Crippen LogP) is 2.12. The molecule has 0 bridgehead atoms. The zero-order valence-electron chi connectivity index (χ0n) is 8.59. The van der Waals surface area contributed by atoms with Crippen molar-refractivity contribution >= 4 is 40.3 Å². The van der Waals surface area contributed by atoms with Gasteiger partial charge in [-0.1, -0.05) is 0 Å². The minimum atomic E-state index is -0.404. The molecule has 2 N–H and O–H groups in total. The molecule has 0 aromatic carbocycles. The molecule has 0 aliphatic rings. The van der Waals surface area contributed by atoms with Gasteiger partial charge in [0.05, 0.1) is 6.20 Å². The van der Waals surface area contributed by atoms with Crippen LogP contribution in [0.2, 0.25) is 0 Å². The number of carbonyl (C=O) groups is 1. The number of pyridine rings is 1. The molecule has 0 unspecified atom stereocenters. The number of hydrogen-bond donors (Lipinski definition) is 2. The second-order valence-corrected chi connectivity index (χ2v) is 4.28. The summed E-state index contributed by atoms with van der Waals surface area (Å²) in [5, 5.41) is 5.12. The smallest absolute Gasteiger partial charge is 0.292 e. The lowest BCUT2D eigenvalue weighted by Crippen LogP contribution is -2.20.